The zero-order chi connectivity index (χ0) is 25.2. The number of hydrogen-bond donors (Lipinski definition) is 0. The highest BCUT2D eigenvalue weighted by atomic mass is 16.5. The predicted molar refractivity (Wildman–Crippen MR) is 129 cm³/mol. The molecule has 4 aromatic rings. The molecule has 0 radical (unpaired) electrons. The molecular weight excluding hydrogens is 446 g/mol. The van der Waals surface area contributed by atoms with Crippen molar-refractivity contribution in [3.63, 3.8) is 0 Å². The molecule has 0 N–H and O–H groups in total. The van der Waals surface area contributed by atoms with Crippen molar-refractivity contribution >= 4 is 16.9 Å². The van der Waals surface area contributed by atoms with Crippen LogP contribution in [0.15, 0.2) is 47.1 Å². The van der Waals surface area contributed by atoms with E-state index in [0.717, 1.165) is 16.5 Å². The Morgan fingerprint density at radius 2 is 1.97 bits per heavy atom. The van der Waals surface area contributed by atoms with E-state index in [-0.39, 0.29) is 12.1 Å². The number of carbonyl (C=O) groups excluding carboxylic acids is 1. The molecule has 180 valence electrons. The van der Waals surface area contributed by atoms with Crippen molar-refractivity contribution in [2.75, 3.05) is 6.61 Å². The first kappa shape index (κ1) is 24.0. The number of benzene rings is 2. The molecule has 2 heterocycles. The van der Waals surface area contributed by atoms with E-state index in [1.807, 2.05) is 45.9 Å². The van der Waals surface area contributed by atoms with Crippen LogP contribution in [-0.2, 0) is 16.1 Å². The average Bonchev–Trinajstić information content (AvgIpc) is 3.46. The van der Waals surface area contributed by atoms with Gasteiger partial charge in [0.25, 0.3) is 5.89 Å². The summed E-state index contributed by atoms with van der Waals surface area (Å²) in [4.78, 5) is 16.8. The Bertz CT molecular complexity index is 1410. The molecule has 35 heavy (non-hydrogen) atoms. The second-order valence-corrected chi connectivity index (χ2v) is 9.09. The van der Waals surface area contributed by atoms with Crippen LogP contribution in [0.5, 0.6) is 5.75 Å². The monoisotopic (exact) mass is 473 g/mol. The third-order valence-corrected chi connectivity index (χ3v) is 5.41. The largest absolute Gasteiger partial charge is 0.490 e. The minimum Gasteiger partial charge on any atom is -0.490 e. The van der Waals surface area contributed by atoms with Crippen LogP contribution >= 0.6 is 0 Å². The third kappa shape index (κ3) is 5.01. The number of ether oxygens (including phenoxy) is 2. The highest BCUT2D eigenvalue weighted by Gasteiger charge is 2.30. The van der Waals surface area contributed by atoms with E-state index in [1.165, 1.54) is 0 Å². The van der Waals surface area contributed by atoms with Gasteiger partial charge in [-0.1, -0.05) is 5.16 Å². The summed E-state index contributed by atoms with van der Waals surface area (Å²) in [5.74, 6) is 0.977. The lowest BCUT2D eigenvalue weighted by Crippen LogP contribution is -2.31. The SMILES string of the molecule is CCOC(=O)C(C)(C)Cn1ncc2cc(-c3noc(-c4ccc(OC(C)C)c(C#N)c4)n3)ccc21. The summed E-state index contributed by atoms with van der Waals surface area (Å²) in [6, 6.07) is 13.1. The number of aromatic nitrogens is 4. The molecule has 0 aliphatic heterocycles. The van der Waals surface area contributed by atoms with Crippen molar-refractivity contribution in [3.8, 4) is 34.7 Å². The van der Waals surface area contributed by atoms with Gasteiger partial charge in [0.05, 0.1) is 41.9 Å². The van der Waals surface area contributed by atoms with Crippen molar-refractivity contribution in [1.82, 2.24) is 19.9 Å². The second-order valence-electron chi connectivity index (χ2n) is 9.09. The van der Waals surface area contributed by atoms with Gasteiger partial charge in [-0.3, -0.25) is 9.48 Å². The maximum Gasteiger partial charge on any atom is 0.313 e. The minimum absolute atomic E-state index is 0.0431. The van der Waals surface area contributed by atoms with Crippen molar-refractivity contribution in [3.05, 3.63) is 48.2 Å². The Kier molecular flexibility index (Phi) is 6.56. The lowest BCUT2D eigenvalue weighted by Gasteiger charge is -2.22. The molecule has 0 saturated carbocycles. The normalized spacial score (nSPS) is 11.6. The van der Waals surface area contributed by atoms with Crippen LogP contribution in [0.25, 0.3) is 33.7 Å². The van der Waals surface area contributed by atoms with Crippen LogP contribution in [-0.4, -0.2) is 38.6 Å². The van der Waals surface area contributed by atoms with Crippen LogP contribution in [0, 0.1) is 16.7 Å². The molecule has 2 aromatic carbocycles. The van der Waals surface area contributed by atoms with E-state index in [0.29, 0.717) is 41.7 Å². The van der Waals surface area contributed by atoms with Gasteiger partial charge < -0.3 is 14.0 Å². The Hall–Kier alpha value is -4.19. The predicted octanol–water partition coefficient (Wildman–Crippen LogP) is 5.00. The zero-order valence-corrected chi connectivity index (χ0v) is 20.4. The van der Waals surface area contributed by atoms with E-state index in [9.17, 15) is 10.1 Å². The van der Waals surface area contributed by atoms with E-state index in [4.69, 9.17) is 14.0 Å². The van der Waals surface area contributed by atoms with Crippen molar-refractivity contribution in [2.24, 2.45) is 5.41 Å². The van der Waals surface area contributed by atoms with Gasteiger partial charge in [-0.2, -0.15) is 15.3 Å². The number of carbonyl (C=O) groups is 1. The van der Waals surface area contributed by atoms with Gasteiger partial charge in [0, 0.05) is 16.5 Å². The van der Waals surface area contributed by atoms with Crippen molar-refractivity contribution in [2.45, 2.75) is 47.3 Å². The standard InChI is InChI=1S/C26H27N5O4/c1-6-33-25(32)26(4,5)15-31-21-9-7-17(11-20(21)14-28-31)23-29-24(35-30-23)18-8-10-22(34-16(2)3)19(12-18)13-27/h7-12,14,16H,6,15H2,1-5H3. The zero-order valence-electron chi connectivity index (χ0n) is 20.4. The van der Waals surface area contributed by atoms with Crippen LogP contribution in [0.1, 0.15) is 40.2 Å². The topological polar surface area (TPSA) is 116 Å². The quantitative estimate of drug-likeness (QED) is 0.328. The third-order valence-electron chi connectivity index (χ3n) is 5.41. The Labute approximate surface area is 203 Å². The van der Waals surface area contributed by atoms with Gasteiger partial charge in [-0.05, 0) is 71.0 Å². The van der Waals surface area contributed by atoms with Crippen LogP contribution in [0.4, 0.5) is 0 Å². The summed E-state index contributed by atoms with van der Waals surface area (Å²) < 4.78 is 18.1. The van der Waals surface area contributed by atoms with Crippen molar-refractivity contribution in [1.29, 1.82) is 5.26 Å². The molecule has 0 aliphatic rings. The maximum absolute atomic E-state index is 12.3. The number of hydrogen-bond acceptors (Lipinski definition) is 8. The number of fused-ring (bicyclic) bond motifs is 1. The number of nitrogens with zero attached hydrogens (tertiary/aromatic N) is 5. The first-order valence-corrected chi connectivity index (χ1v) is 11.4. The fourth-order valence-corrected chi connectivity index (χ4v) is 3.68. The smallest absolute Gasteiger partial charge is 0.313 e. The van der Waals surface area contributed by atoms with Crippen LogP contribution in [0.2, 0.25) is 0 Å². The molecule has 9 heteroatoms. The van der Waals surface area contributed by atoms with Gasteiger partial charge in [-0.25, -0.2) is 0 Å². The first-order chi connectivity index (χ1) is 16.7. The van der Waals surface area contributed by atoms with E-state index < -0.39 is 5.41 Å². The highest BCUT2D eigenvalue weighted by molar-refractivity contribution is 5.84. The molecule has 0 spiro atoms. The van der Waals surface area contributed by atoms with Crippen LogP contribution < -0.4 is 4.74 Å². The molecule has 0 saturated heterocycles. The average molecular weight is 474 g/mol. The Morgan fingerprint density at radius 3 is 2.69 bits per heavy atom. The molecule has 9 nitrogen and oxygen atoms in total. The second kappa shape index (κ2) is 9.58. The fourth-order valence-electron chi connectivity index (χ4n) is 3.68. The summed E-state index contributed by atoms with van der Waals surface area (Å²) in [6.07, 6.45) is 1.70. The molecule has 0 amide bonds. The van der Waals surface area contributed by atoms with Crippen molar-refractivity contribution < 1.29 is 18.8 Å². The molecule has 0 atom stereocenters. The number of rotatable bonds is 8. The van der Waals surface area contributed by atoms with Gasteiger partial charge in [0.2, 0.25) is 5.82 Å². The highest BCUT2D eigenvalue weighted by Crippen LogP contribution is 2.29. The molecule has 0 unspecified atom stereocenters. The first-order valence-electron chi connectivity index (χ1n) is 11.4. The van der Waals surface area contributed by atoms with E-state index >= 15 is 0 Å². The molecule has 0 bridgehead atoms. The summed E-state index contributed by atoms with van der Waals surface area (Å²) in [5.41, 5.74) is 1.96. The van der Waals surface area contributed by atoms with E-state index in [1.54, 1.807) is 36.0 Å². The Balaban J connectivity index is 1.59. The number of nitriles is 1. The van der Waals surface area contributed by atoms with Gasteiger partial charge in [0.1, 0.15) is 11.8 Å². The summed E-state index contributed by atoms with van der Waals surface area (Å²) in [7, 11) is 0. The Morgan fingerprint density at radius 1 is 1.20 bits per heavy atom. The fraction of sp³-hybridized carbons (Fsp3) is 0.346. The molecule has 0 aliphatic carbocycles. The summed E-state index contributed by atoms with van der Waals surface area (Å²) >= 11 is 0. The lowest BCUT2D eigenvalue weighted by atomic mass is 9.94. The van der Waals surface area contributed by atoms with Gasteiger partial charge in [0.15, 0.2) is 0 Å². The summed E-state index contributed by atoms with van der Waals surface area (Å²) in [6.45, 7) is 10.0. The minimum atomic E-state index is -0.714. The van der Waals surface area contributed by atoms with Gasteiger partial charge >= 0.3 is 5.97 Å². The van der Waals surface area contributed by atoms with E-state index in [2.05, 4.69) is 21.3 Å². The van der Waals surface area contributed by atoms with Gasteiger partial charge in [-0.15, -0.1) is 0 Å². The lowest BCUT2D eigenvalue weighted by molar-refractivity contribution is -0.154. The molecule has 4 rings (SSSR count). The molecule has 2 aromatic heterocycles. The van der Waals surface area contributed by atoms with Crippen LogP contribution in [0.3, 0.4) is 0 Å². The molecule has 0 fully saturated rings. The maximum atomic E-state index is 12.3. The number of esters is 1. The molecular formula is C26H27N5O4. The summed E-state index contributed by atoms with van der Waals surface area (Å²) in [5, 5.41) is 18.9.